The molecule has 0 atom stereocenters. The van der Waals surface area contributed by atoms with Gasteiger partial charge in [0.05, 0.1) is 17.7 Å². The molecule has 1 aromatic heterocycles. The lowest BCUT2D eigenvalue weighted by Crippen LogP contribution is -2.40. The topological polar surface area (TPSA) is 88.6 Å². The van der Waals surface area contributed by atoms with Crippen molar-refractivity contribution in [1.82, 2.24) is 10.3 Å². The van der Waals surface area contributed by atoms with Gasteiger partial charge in [-0.1, -0.05) is 24.3 Å². The fraction of sp³-hybridized carbons (Fsp3) is 0.143. The zero-order valence-corrected chi connectivity index (χ0v) is 16.7. The van der Waals surface area contributed by atoms with E-state index in [9.17, 15) is 13.2 Å². The Labute approximate surface area is 170 Å². The maximum atomic E-state index is 13.2. The molecule has 0 fully saturated rings. The van der Waals surface area contributed by atoms with E-state index in [1.165, 1.54) is 19.2 Å². The van der Waals surface area contributed by atoms with Crippen LogP contribution in [0.5, 0.6) is 5.75 Å². The molecule has 1 N–H and O–H groups in total. The zero-order valence-electron chi connectivity index (χ0n) is 15.9. The maximum Gasteiger partial charge on any atom is 0.264 e. The Balaban J connectivity index is 1.87. The number of pyridine rings is 1. The van der Waals surface area contributed by atoms with Crippen LogP contribution in [0.25, 0.3) is 0 Å². The molecule has 0 bridgehead atoms. The Morgan fingerprint density at radius 2 is 1.76 bits per heavy atom. The first kappa shape index (κ1) is 20.3. The second-order valence-corrected chi connectivity index (χ2v) is 8.02. The lowest BCUT2D eigenvalue weighted by Gasteiger charge is -2.24. The van der Waals surface area contributed by atoms with E-state index in [1.807, 2.05) is 0 Å². The van der Waals surface area contributed by atoms with Crippen molar-refractivity contribution in [3.05, 3.63) is 84.7 Å². The molecule has 0 spiro atoms. The fourth-order valence-electron chi connectivity index (χ4n) is 2.69. The summed E-state index contributed by atoms with van der Waals surface area (Å²) in [6.45, 7) is -0.0891. The molecule has 150 valence electrons. The van der Waals surface area contributed by atoms with Crippen molar-refractivity contribution in [2.45, 2.75) is 11.4 Å². The van der Waals surface area contributed by atoms with Crippen LogP contribution in [0.3, 0.4) is 0 Å². The molecule has 0 aliphatic rings. The summed E-state index contributed by atoms with van der Waals surface area (Å²) in [4.78, 5) is 16.6. The quantitative estimate of drug-likeness (QED) is 0.616. The van der Waals surface area contributed by atoms with E-state index in [4.69, 9.17) is 4.74 Å². The van der Waals surface area contributed by atoms with Crippen LogP contribution in [-0.2, 0) is 21.4 Å². The largest absolute Gasteiger partial charge is 0.497 e. The summed E-state index contributed by atoms with van der Waals surface area (Å²) in [7, 11) is -2.45. The van der Waals surface area contributed by atoms with E-state index in [1.54, 1.807) is 67.0 Å². The predicted octanol–water partition coefficient (Wildman–Crippen LogP) is 2.60. The molecular formula is C21H21N3O4S. The predicted molar refractivity (Wildman–Crippen MR) is 110 cm³/mol. The van der Waals surface area contributed by atoms with Crippen molar-refractivity contribution in [3.63, 3.8) is 0 Å². The normalized spacial score (nSPS) is 10.9. The number of anilines is 1. The number of sulfonamides is 1. The standard InChI is InChI=1S/C21H21N3O4S/c1-28-19-7-5-6-18(14-19)24(29(26,27)20-8-3-2-4-9-20)16-21(25)23-15-17-10-12-22-13-11-17/h2-14H,15-16H2,1H3,(H,23,25). The number of carbonyl (C=O) groups is 1. The van der Waals surface area contributed by atoms with Gasteiger partial charge in [0.1, 0.15) is 12.3 Å². The first-order valence-corrected chi connectivity index (χ1v) is 10.3. The molecule has 29 heavy (non-hydrogen) atoms. The summed E-state index contributed by atoms with van der Waals surface area (Å²) in [5, 5.41) is 2.75. The van der Waals surface area contributed by atoms with Gasteiger partial charge in [-0.15, -0.1) is 0 Å². The number of nitrogens with one attached hydrogen (secondary N) is 1. The number of nitrogens with zero attached hydrogens (tertiary/aromatic N) is 2. The van der Waals surface area contributed by atoms with Crippen molar-refractivity contribution < 1.29 is 17.9 Å². The monoisotopic (exact) mass is 411 g/mol. The fourth-order valence-corrected chi connectivity index (χ4v) is 4.12. The van der Waals surface area contributed by atoms with Crippen molar-refractivity contribution >= 4 is 21.6 Å². The molecule has 0 aliphatic carbocycles. The lowest BCUT2D eigenvalue weighted by atomic mass is 10.2. The van der Waals surface area contributed by atoms with Gasteiger partial charge >= 0.3 is 0 Å². The SMILES string of the molecule is COc1cccc(N(CC(=O)NCc2ccncc2)S(=O)(=O)c2ccccc2)c1. The average Bonchev–Trinajstić information content (AvgIpc) is 2.77. The number of methoxy groups -OCH3 is 1. The Hall–Kier alpha value is -3.39. The third-order valence-electron chi connectivity index (χ3n) is 4.20. The van der Waals surface area contributed by atoms with E-state index < -0.39 is 15.9 Å². The Bertz CT molecular complexity index is 1060. The maximum absolute atomic E-state index is 13.2. The van der Waals surface area contributed by atoms with Gasteiger partial charge in [-0.25, -0.2) is 8.42 Å². The molecule has 0 saturated heterocycles. The second kappa shape index (κ2) is 9.20. The van der Waals surface area contributed by atoms with Crippen LogP contribution >= 0.6 is 0 Å². The molecule has 7 nitrogen and oxygen atoms in total. The Kier molecular flexibility index (Phi) is 6.46. The summed E-state index contributed by atoms with van der Waals surface area (Å²) in [5.74, 6) is 0.0668. The minimum absolute atomic E-state index is 0.102. The van der Waals surface area contributed by atoms with Gasteiger partial charge in [0.2, 0.25) is 5.91 Å². The van der Waals surface area contributed by atoms with Crippen LogP contribution in [0.1, 0.15) is 5.56 Å². The summed E-state index contributed by atoms with van der Waals surface area (Å²) in [6, 6.07) is 18.2. The summed E-state index contributed by atoms with van der Waals surface area (Å²) >= 11 is 0. The number of rotatable bonds is 8. The van der Waals surface area contributed by atoms with E-state index in [-0.39, 0.29) is 18.0 Å². The molecule has 1 amide bonds. The molecular weight excluding hydrogens is 390 g/mol. The van der Waals surface area contributed by atoms with Gasteiger partial charge in [0, 0.05) is 25.0 Å². The Morgan fingerprint density at radius 3 is 2.45 bits per heavy atom. The molecule has 0 aliphatic heterocycles. The van der Waals surface area contributed by atoms with Gasteiger partial charge in [0.25, 0.3) is 10.0 Å². The first-order chi connectivity index (χ1) is 14.0. The summed E-state index contributed by atoms with van der Waals surface area (Å²) in [5.41, 5.74) is 1.21. The highest BCUT2D eigenvalue weighted by Crippen LogP contribution is 2.26. The minimum Gasteiger partial charge on any atom is -0.497 e. The molecule has 3 aromatic rings. The van der Waals surface area contributed by atoms with E-state index in [0.717, 1.165) is 9.87 Å². The number of ether oxygens (including phenoxy) is 1. The third kappa shape index (κ3) is 5.11. The number of benzene rings is 2. The number of hydrogen-bond donors (Lipinski definition) is 1. The number of carbonyl (C=O) groups excluding carboxylic acids is 1. The molecule has 0 radical (unpaired) electrons. The first-order valence-electron chi connectivity index (χ1n) is 8.88. The summed E-state index contributed by atoms with van der Waals surface area (Å²) < 4.78 is 32.8. The molecule has 8 heteroatoms. The number of hydrogen-bond acceptors (Lipinski definition) is 5. The van der Waals surface area contributed by atoms with Crippen LogP contribution in [0.2, 0.25) is 0 Å². The van der Waals surface area contributed by atoms with Crippen molar-refractivity contribution in [2.24, 2.45) is 0 Å². The number of amides is 1. The highest BCUT2D eigenvalue weighted by atomic mass is 32.2. The van der Waals surface area contributed by atoms with E-state index in [0.29, 0.717) is 11.4 Å². The lowest BCUT2D eigenvalue weighted by molar-refractivity contribution is -0.119. The van der Waals surface area contributed by atoms with Gasteiger partial charge in [0.15, 0.2) is 0 Å². The summed E-state index contributed by atoms with van der Waals surface area (Å²) in [6.07, 6.45) is 3.26. The second-order valence-electron chi connectivity index (χ2n) is 6.16. The molecule has 3 rings (SSSR count). The molecule has 1 heterocycles. The van der Waals surface area contributed by atoms with Crippen molar-refractivity contribution in [3.8, 4) is 5.75 Å². The molecule has 2 aromatic carbocycles. The van der Waals surface area contributed by atoms with Gasteiger partial charge in [-0.3, -0.25) is 14.1 Å². The number of aromatic nitrogens is 1. The highest BCUT2D eigenvalue weighted by molar-refractivity contribution is 7.92. The van der Waals surface area contributed by atoms with Crippen molar-refractivity contribution in [1.29, 1.82) is 0 Å². The molecule has 0 unspecified atom stereocenters. The van der Waals surface area contributed by atoms with Crippen LogP contribution in [0.4, 0.5) is 5.69 Å². The van der Waals surface area contributed by atoms with Crippen molar-refractivity contribution in [2.75, 3.05) is 18.0 Å². The Morgan fingerprint density at radius 1 is 1.03 bits per heavy atom. The van der Waals surface area contributed by atoms with E-state index >= 15 is 0 Å². The minimum atomic E-state index is -3.95. The molecule has 0 saturated carbocycles. The van der Waals surface area contributed by atoms with Gasteiger partial charge < -0.3 is 10.1 Å². The van der Waals surface area contributed by atoms with Crippen LogP contribution in [0, 0.1) is 0 Å². The van der Waals surface area contributed by atoms with E-state index in [2.05, 4.69) is 10.3 Å². The van der Waals surface area contributed by atoms with Gasteiger partial charge in [-0.05, 0) is 42.0 Å². The highest BCUT2D eigenvalue weighted by Gasteiger charge is 2.27. The zero-order chi connectivity index (χ0) is 20.7. The smallest absolute Gasteiger partial charge is 0.264 e. The average molecular weight is 411 g/mol. The van der Waals surface area contributed by atoms with Gasteiger partial charge in [-0.2, -0.15) is 0 Å². The van der Waals surface area contributed by atoms with Crippen LogP contribution in [0.15, 0.2) is 84.0 Å². The third-order valence-corrected chi connectivity index (χ3v) is 5.99. The van der Waals surface area contributed by atoms with Crippen LogP contribution in [-0.4, -0.2) is 33.0 Å². The van der Waals surface area contributed by atoms with Crippen LogP contribution < -0.4 is 14.4 Å².